The summed E-state index contributed by atoms with van der Waals surface area (Å²) in [4.78, 5) is 10.9. The number of methoxy groups -OCH3 is 1. The van der Waals surface area contributed by atoms with Crippen LogP contribution in [0.1, 0.15) is 17.3 Å². The number of ether oxygens (including phenoxy) is 1. The highest BCUT2D eigenvalue weighted by Gasteiger charge is 2.15. The van der Waals surface area contributed by atoms with Crippen LogP contribution in [0.5, 0.6) is 11.5 Å². The molecule has 0 saturated carbocycles. The Morgan fingerprint density at radius 1 is 1.54 bits per heavy atom. The van der Waals surface area contributed by atoms with Crippen molar-refractivity contribution in [2.45, 2.75) is 6.92 Å². The fourth-order valence-corrected chi connectivity index (χ4v) is 0.988. The predicted molar refractivity (Wildman–Crippen MR) is 44.6 cm³/mol. The van der Waals surface area contributed by atoms with Crippen LogP contribution >= 0.6 is 0 Å². The van der Waals surface area contributed by atoms with Gasteiger partial charge in [-0.2, -0.15) is 4.39 Å². The lowest BCUT2D eigenvalue weighted by molar-refractivity contribution is 0.101. The third kappa shape index (κ3) is 1.61. The fraction of sp³-hybridized carbons (Fsp3) is 0.222. The van der Waals surface area contributed by atoms with Gasteiger partial charge >= 0.3 is 0 Å². The van der Waals surface area contributed by atoms with Crippen LogP contribution in [0.4, 0.5) is 4.39 Å². The summed E-state index contributed by atoms with van der Waals surface area (Å²) >= 11 is 0. The lowest BCUT2D eigenvalue weighted by Gasteiger charge is -2.05. The molecule has 0 aliphatic heterocycles. The smallest absolute Gasteiger partial charge is 0.207 e. The van der Waals surface area contributed by atoms with E-state index in [1.165, 1.54) is 26.2 Å². The Morgan fingerprint density at radius 3 is 2.62 bits per heavy atom. The van der Waals surface area contributed by atoms with Crippen molar-refractivity contribution in [3.63, 3.8) is 0 Å². The van der Waals surface area contributed by atoms with E-state index in [-0.39, 0.29) is 17.1 Å². The number of carbonyl (C=O) groups excluding carboxylic acids is 1. The minimum Gasteiger partial charge on any atom is -0.504 e. The summed E-state index contributed by atoms with van der Waals surface area (Å²) < 4.78 is 17.7. The summed E-state index contributed by atoms with van der Waals surface area (Å²) in [7, 11) is 1.28. The molecule has 0 amide bonds. The van der Waals surface area contributed by atoms with Gasteiger partial charge in [0.25, 0.3) is 0 Å². The van der Waals surface area contributed by atoms with Crippen molar-refractivity contribution in [3.8, 4) is 11.5 Å². The first-order chi connectivity index (χ1) is 6.07. The van der Waals surface area contributed by atoms with E-state index in [1.807, 2.05) is 0 Å². The maximum atomic E-state index is 13.1. The Balaban J connectivity index is 3.31. The molecule has 0 bridgehead atoms. The van der Waals surface area contributed by atoms with Crippen LogP contribution < -0.4 is 4.74 Å². The first-order valence-corrected chi connectivity index (χ1v) is 3.64. The van der Waals surface area contributed by atoms with E-state index in [1.54, 1.807) is 0 Å². The number of aromatic hydroxyl groups is 1. The minimum absolute atomic E-state index is 0.0432. The standard InChI is InChI=1S/C9H9FO3/c1-5(11)6-3-4-7(13-2)8(10)9(6)12/h3-4,12H,1-2H3. The zero-order valence-corrected chi connectivity index (χ0v) is 7.30. The van der Waals surface area contributed by atoms with Crippen LogP contribution in [0.2, 0.25) is 0 Å². The van der Waals surface area contributed by atoms with Gasteiger partial charge in [0.1, 0.15) is 0 Å². The zero-order valence-electron chi connectivity index (χ0n) is 7.30. The highest BCUT2D eigenvalue weighted by Crippen LogP contribution is 2.29. The van der Waals surface area contributed by atoms with Gasteiger partial charge in [0, 0.05) is 0 Å². The molecule has 0 radical (unpaired) electrons. The van der Waals surface area contributed by atoms with E-state index in [4.69, 9.17) is 0 Å². The van der Waals surface area contributed by atoms with Gasteiger partial charge in [0.05, 0.1) is 12.7 Å². The monoisotopic (exact) mass is 184 g/mol. The third-order valence-electron chi connectivity index (χ3n) is 1.68. The van der Waals surface area contributed by atoms with Crippen molar-refractivity contribution in [1.82, 2.24) is 0 Å². The van der Waals surface area contributed by atoms with E-state index >= 15 is 0 Å². The van der Waals surface area contributed by atoms with E-state index in [9.17, 15) is 14.3 Å². The highest BCUT2D eigenvalue weighted by molar-refractivity contribution is 5.96. The number of carbonyl (C=O) groups is 1. The second kappa shape index (κ2) is 3.43. The molecule has 0 aliphatic rings. The van der Waals surface area contributed by atoms with Gasteiger partial charge < -0.3 is 9.84 Å². The quantitative estimate of drug-likeness (QED) is 0.712. The number of phenolic OH excluding ortho intramolecular Hbond substituents is 1. The molecule has 1 aromatic rings. The first-order valence-electron chi connectivity index (χ1n) is 3.64. The van der Waals surface area contributed by atoms with E-state index in [0.717, 1.165) is 0 Å². The van der Waals surface area contributed by atoms with Crippen molar-refractivity contribution in [1.29, 1.82) is 0 Å². The largest absolute Gasteiger partial charge is 0.504 e. The lowest BCUT2D eigenvalue weighted by Crippen LogP contribution is -1.96. The average Bonchev–Trinajstić information content (AvgIpc) is 2.09. The van der Waals surface area contributed by atoms with Gasteiger partial charge in [-0.1, -0.05) is 0 Å². The molecule has 0 aliphatic carbocycles. The summed E-state index contributed by atoms with van der Waals surface area (Å²) in [5, 5.41) is 9.20. The molecule has 3 nitrogen and oxygen atoms in total. The van der Waals surface area contributed by atoms with Crippen molar-refractivity contribution < 1.29 is 19.0 Å². The number of ketones is 1. The second-order valence-corrected chi connectivity index (χ2v) is 2.53. The highest BCUT2D eigenvalue weighted by atomic mass is 19.1. The number of hydrogen-bond donors (Lipinski definition) is 1. The average molecular weight is 184 g/mol. The maximum Gasteiger partial charge on any atom is 0.207 e. The Kier molecular flexibility index (Phi) is 2.51. The van der Waals surface area contributed by atoms with Crippen molar-refractivity contribution >= 4 is 5.78 Å². The van der Waals surface area contributed by atoms with E-state index < -0.39 is 11.6 Å². The van der Waals surface area contributed by atoms with E-state index in [0.29, 0.717) is 0 Å². The number of hydrogen-bond acceptors (Lipinski definition) is 3. The second-order valence-electron chi connectivity index (χ2n) is 2.53. The number of benzene rings is 1. The molecule has 0 heterocycles. The number of Topliss-reactive ketones (excluding diaryl/α,β-unsaturated/α-hetero) is 1. The molecule has 70 valence electrons. The Hall–Kier alpha value is -1.58. The van der Waals surface area contributed by atoms with Crippen LogP contribution in [0.15, 0.2) is 12.1 Å². The minimum atomic E-state index is -0.907. The Bertz CT molecular complexity index is 347. The molecule has 4 heteroatoms. The maximum absolute atomic E-state index is 13.1. The molecule has 0 spiro atoms. The van der Waals surface area contributed by atoms with Crippen LogP contribution in [0.3, 0.4) is 0 Å². The molecule has 0 fully saturated rings. The molecule has 1 N–H and O–H groups in total. The number of halogens is 1. The molecule has 0 unspecified atom stereocenters. The SMILES string of the molecule is COc1ccc(C(C)=O)c(O)c1F. The van der Waals surface area contributed by atoms with E-state index in [2.05, 4.69) is 4.74 Å². The van der Waals surface area contributed by atoms with Gasteiger partial charge in [0.2, 0.25) is 5.82 Å². The summed E-state index contributed by atoms with van der Waals surface area (Å²) in [6.45, 7) is 1.25. The number of rotatable bonds is 2. The Morgan fingerprint density at radius 2 is 2.15 bits per heavy atom. The summed E-state index contributed by atoms with van der Waals surface area (Å²) in [5.41, 5.74) is -0.0432. The summed E-state index contributed by atoms with van der Waals surface area (Å²) in [5.74, 6) is -2.04. The molecule has 0 aromatic heterocycles. The normalized spacial score (nSPS) is 9.77. The molecule has 1 aromatic carbocycles. The zero-order chi connectivity index (χ0) is 10.0. The van der Waals surface area contributed by atoms with Crippen LogP contribution in [-0.2, 0) is 0 Å². The number of phenols is 1. The molecule has 13 heavy (non-hydrogen) atoms. The van der Waals surface area contributed by atoms with Crippen LogP contribution in [-0.4, -0.2) is 18.0 Å². The van der Waals surface area contributed by atoms with Gasteiger partial charge in [-0.05, 0) is 19.1 Å². The molecular formula is C9H9FO3. The van der Waals surface area contributed by atoms with Crippen molar-refractivity contribution in [2.24, 2.45) is 0 Å². The molecule has 0 atom stereocenters. The van der Waals surface area contributed by atoms with Crippen LogP contribution in [0.25, 0.3) is 0 Å². The summed E-state index contributed by atoms with van der Waals surface area (Å²) in [6.07, 6.45) is 0. The molecular weight excluding hydrogens is 175 g/mol. The topological polar surface area (TPSA) is 46.5 Å². The van der Waals surface area contributed by atoms with Gasteiger partial charge in [0.15, 0.2) is 17.3 Å². The van der Waals surface area contributed by atoms with Gasteiger partial charge in [-0.25, -0.2) is 0 Å². The van der Waals surface area contributed by atoms with Gasteiger partial charge in [-0.15, -0.1) is 0 Å². The van der Waals surface area contributed by atoms with Crippen molar-refractivity contribution in [3.05, 3.63) is 23.5 Å². The summed E-state index contributed by atoms with van der Waals surface area (Å²) in [6, 6.07) is 2.62. The first kappa shape index (κ1) is 9.51. The Labute approximate surface area is 74.8 Å². The lowest BCUT2D eigenvalue weighted by atomic mass is 10.1. The predicted octanol–water partition coefficient (Wildman–Crippen LogP) is 1.74. The van der Waals surface area contributed by atoms with Gasteiger partial charge in [-0.3, -0.25) is 4.79 Å². The van der Waals surface area contributed by atoms with Crippen LogP contribution in [0, 0.1) is 5.82 Å². The van der Waals surface area contributed by atoms with Crippen molar-refractivity contribution in [2.75, 3.05) is 7.11 Å². The fourth-order valence-electron chi connectivity index (χ4n) is 0.988. The molecule has 0 saturated heterocycles. The third-order valence-corrected chi connectivity index (χ3v) is 1.68. The molecule has 1 rings (SSSR count).